The Labute approximate surface area is 261 Å². The number of nitrogens with one attached hydrogen (secondary N) is 2. The molecule has 5 aromatic rings. The number of carbonyl (C=O) groups excluding carboxylic acids is 1. The summed E-state index contributed by atoms with van der Waals surface area (Å²) in [5, 5.41) is 12.8. The number of fused-ring (bicyclic) bond motifs is 2. The smallest absolute Gasteiger partial charge is 0.232 e. The summed E-state index contributed by atoms with van der Waals surface area (Å²) in [7, 11) is 0.109. The molecule has 15 heteroatoms. The minimum atomic E-state index is -3.50. The van der Waals surface area contributed by atoms with Gasteiger partial charge in [-0.2, -0.15) is 5.10 Å². The van der Waals surface area contributed by atoms with Gasteiger partial charge in [0, 0.05) is 63.8 Å². The Hall–Kier alpha value is -4.60. The Bertz CT molecular complexity index is 1950. The molecule has 0 saturated carbocycles. The van der Waals surface area contributed by atoms with Crippen LogP contribution >= 0.6 is 0 Å². The molecular weight excluding hydrogens is 596 g/mol. The number of rotatable bonds is 11. The molecule has 0 radical (unpaired) electrons. The summed E-state index contributed by atoms with van der Waals surface area (Å²) >= 11 is 0. The average molecular weight is 633 g/mol. The molecule has 4 aromatic heterocycles. The molecule has 1 aliphatic heterocycles. The van der Waals surface area contributed by atoms with Gasteiger partial charge in [0.25, 0.3) is 0 Å². The monoisotopic (exact) mass is 632 g/mol. The van der Waals surface area contributed by atoms with Crippen molar-refractivity contribution in [2.45, 2.75) is 19.8 Å². The molecule has 1 aliphatic rings. The lowest BCUT2D eigenvalue weighted by atomic mass is 10.2. The second kappa shape index (κ2) is 12.8. The van der Waals surface area contributed by atoms with E-state index in [0.29, 0.717) is 64.6 Å². The van der Waals surface area contributed by atoms with E-state index in [-0.39, 0.29) is 11.7 Å². The molecule has 14 nitrogen and oxygen atoms in total. The van der Waals surface area contributed by atoms with Crippen LogP contribution in [0, 0.1) is 0 Å². The van der Waals surface area contributed by atoms with Gasteiger partial charge in [-0.15, -0.1) is 5.10 Å². The number of methoxy groups -OCH3 is 1. The number of hydrogen-bond acceptors (Lipinski definition) is 10. The molecule has 1 aromatic carbocycles. The van der Waals surface area contributed by atoms with E-state index in [1.165, 1.54) is 7.11 Å². The van der Waals surface area contributed by atoms with E-state index >= 15 is 0 Å². The molecule has 0 bridgehead atoms. The molecule has 2 N–H and O–H groups in total. The first-order valence-electron chi connectivity index (χ1n) is 14.8. The number of nitrogens with zero attached hydrogens (tertiary/aromatic N) is 8. The number of aromatic nitrogens is 6. The van der Waals surface area contributed by atoms with Crippen molar-refractivity contribution in [3.63, 3.8) is 0 Å². The molecule has 1 amide bonds. The Morgan fingerprint density at radius 2 is 1.91 bits per heavy atom. The summed E-state index contributed by atoms with van der Waals surface area (Å²) < 4.78 is 36.5. The normalized spacial score (nSPS) is 14.6. The maximum Gasteiger partial charge on any atom is 0.232 e. The Morgan fingerprint density at radius 1 is 1.09 bits per heavy atom. The predicted octanol–water partition coefficient (Wildman–Crippen LogP) is 2.87. The van der Waals surface area contributed by atoms with Gasteiger partial charge in [-0.1, -0.05) is 6.92 Å². The van der Waals surface area contributed by atoms with Gasteiger partial charge < -0.3 is 19.9 Å². The van der Waals surface area contributed by atoms with Gasteiger partial charge in [-0.25, -0.2) is 22.6 Å². The molecule has 1 fully saturated rings. The van der Waals surface area contributed by atoms with Crippen LogP contribution in [0.5, 0.6) is 5.75 Å². The molecule has 1 saturated heterocycles. The van der Waals surface area contributed by atoms with Crippen LogP contribution in [0.4, 0.5) is 11.5 Å². The first kappa shape index (κ1) is 30.4. The van der Waals surface area contributed by atoms with Crippen LogP contribution in [0.2, 0.25) is 0 Å². The fourth-order valence-corrected chi connectivity index (χ4v) is 6.51. The Balaban J connectivity index is 1.37. The standard InChI is InChI=1S/C30H36N10O4S/c1-4-16-45(42,43)36-21-6-7-25(27(17-21)44-3)40-26-18-24(22-20-33-39-10-5-9-31-30(22)39)32-19-23(26)29(35-40)34-28(41)8-11-38-14-12-37(2)13-15-38/h5-7,9-10,17-20,36H,4,8,11-16H2,1-3H3,(H,34,35,41). The first-order valence-corrected chi connectivity index (χ1v) is 16.5. The number of carbonyl (C=O) groups is 1. The van der Waals surface area contributed by atoms with Gasteiger partial charge in [0.05, 0.1) is 46.9 Å². The van der Waals surface area contributed by atoms with Gasteiger partial charge in [-0.05, 0) is 37.7 Å². The Kier molecular flexibility index (Phi) is 8.65. The van der Waals surface area contributed by atoms with E-state index in [1.807, 2.05) is 12.3 Å². The van der Waals surface area contributed by atoms with E-state index in [9.17, 15) is 13.2 Å². The summed E-state index contributed by atoms with van der Waals surface area (Å²) in [5.41, 5.74) is 3.58. The fourth-order valence-electron chi connectivity index (χ4n) is 5.38. The van der Waals surface area contributed by atoms with Crippen molar-refractivity contribution in [1.82, 2.24) is 39.2 Å². The van der Waals surface area contributed by atoms with Crippen LogP contribution in [0.1, 0.15) is 19.8 Å². The van der Waals surface area contributed by atoms with Crippen LogP contribution < -0.4 is 14.8 Å². The quantitative estimate of drug-likeness (QED) is 0.222. The number of piperazine rings is 1. The molecule has 236 valence electrons. The second-order valence-corrected chi connectivity index (χ2v) is 12.9. The minimum absolute atomic E-state index is 0.00686. The highest BCUT2D eigenvalue weighted by Gasteiger charge is 2.21. The topological polar surface area (TPSA) is 152 Å². The van der Waals surface area contributed by atoms with Crippen molar-refractivity contribution in [3.05, 3.63) is 55.1 Å². The van der Waals surface area contributed by atoms with Gasteiger partial charge >= 0.3 is 0 Å². The van der Waals surface area contributed by atoms with Crippen molar-refractivity contribution in [1.29, 1.82) is 0 Å². The van der Waals surface area contributed by atoms with Crippen LogP contribution in [0.15, 0.2) is 55.1 Å². The third-order valence-electron chi connectivity index (χ3n) is 7.78. The maximum absolute atomic E-state index is 13.1. The van der Waals surface area contributed by atoms with Gasteiger partial charge in [0.15, 0.2) is 11.5 Å². The molecule has 0 spiro atoms. The first-order chi connectivity index (χ1) is 21.7. The van der Waals surface area contributed by atoms with E-state index in [1.54, 1.807) is 59.0 Å². The lowest BCUT2D eigenvalue weighted by Crippen LogP contribution is -2.45. The van der Waals surface area contributed by atoms with E-state index in [0.717, 1.165) is 31.7 Å². The molecule has 45 heavy (non-hydrogen) atoms. The summed E-state index contributed by atoms with van der Waals surface area (Å²) in [6, 6.07) is 8.66. The largest absolute Gasteiger partial charge is 0.494 e. The van der Waals surface area contributed by atoms with Crippen molar-refractivity contribution < 1.29 is 17.9 Å². The summed E-state index contributed by atoms with van der Waals surface area (Å²) in [5.74, 6) is 0.608. The zero-order chi connectivity index (χ0) is 31.6. The molecule has 0 unspecified atom stereocenters. The van der Waals surface area contributed by atoms with Gasteiger partial charge in [0.2, 0.25) is 15.9 Å². The number of anilines is 2. The fraction of sp³-hybridized carbons (Fsp3) is 0.367. The summed E-state index contributed by atoms with van der Waals surface area (Å²) in [4.78, 5) is 26.9. The minimum Gasteiger partial charge on any atom is -0.494 e. The zero-order valence-electron chi connectivity index (χ0n) is 25.5. The lowest BCUT2D eigenvalue weighted by Gasteiger charge is -2.32. The molecule has 5 heterocycles. The molecule has 6 rings (SSSR count). The highest BCUT2D eigenvalue weighted by atomic mass is 32.2. The van der Waals surface area contributed by atoms with Crippen LogP contribution in [0.3, 0.4) is 0 Å². The molecular formula is C30H36N10O4S. The van der Waals surface area contributed by atoms with Crippen molar-refractivity contribution in [3.8, 4) is 22.7 Å². The number of amides is 1. The van der Waals surface area contributed by atoms with E-state index in [2.05, 4.69) is 37.0 Å². The summed E-state index contributed by atoms with van der Waals surface area (Å²) in [6.07, 6.45) is 7.71. The number of likely N-dealkylation sites (N-methyl/N-ethyl adjacent to an activating group) is 1. The lowest BCUT2D eigenvalue weighted by molar-refractivity contribution is -0.116. The molecule has 0 atom stereocenters. The highest BCUT2D eigenvalue weighted by molar-refractivity contribution is 7.92. The average Bonchev–Trinajstić information content (AvgIpc) is 3.62. The second-order valence-electron chi connectivity index (χ2n) is 11.0. The zero-order valence-corrected chi connectivity index (χ0v) is 26.3. The SMILES string of the molecule is CCCS(=O)(=O)Nc1ccc(-n2nc(NC(=O)CCN3CCN(C)CC3)c3cnc(-c4cnn5cccnc45)cc32)c(OC)c1. The van der Waals surface area contributed by atoms with Crippen molar-refractivity contribution >= 4 is 44.0 Å². The maximum atomic E-state index is 13.1. The van der Waals surface area contributed by atoms with Crippen LogP contribution in [-0.2, 0) is 14.8 Å². The number of pyridine rings is 1. The van der Waals surface area contributed by atoms with E-state index in [4.69, 9.17) is 14.8 Å². The van der Waals surface area contributed by atoms with Gasteiger partial charge in [-0.3, -0.25) is 14.5 Å². The molecule has 0 aliphatic carbocycles. The Morgan fingerprint density at radius 3 is 2.69 bits per heavy atom. The van der Waals surface area contributed by atoms with Crippen LogP contribution in [-0.4, -0.2) is 106 Å². The van der Waals surface area contributed by atoms with Crippen LogP contribution in [0.25, 0.3) is 33.5 Å². The number of benzene rings is 1. The predicted molar refractivity (Wildman–Crippen MR) is 172 cm³/mol. The summed E-state index contributed by atoms with van der Waals surface area (Å²) in [6.45, 7) is 6.28. The van der Waals surface area contributed by atoms with Crippen molar-refractivity contribution in [2.75, 3.05) is 62.7 Å². The third kappa shape index (κ3) is 6.60. The third-order valence-corrected chi connectivity index (χ3v) is 9.28. The van der Waals surface area contributed by atoms with Gasteiger partial charge in [0.1, 0.15) is 11.4 Å². The number of ether oxygens (including phenoxy) is 1. The van der Waals surface area contributed by atoms with E-state index < -0.39 is 10.0 Å². The number of sulfonamides is 1. The number of hydrogen-bond donors (Lipinski definition) is 2. The van der Waals surface area contributed by atoms with Crippen molar-refractivity contribution in [2.24, 2.45) is 0 Å². The highest BCUT2D eigenvalue weighted by Crippen LogP contribution is 2.34.